The minimum absolute atomic E-state index is 0.253. The van der Waals surface area contributed by atoms with E-state index in [4.69, 9.17) is 14.2 Å². The number of aromatic hydroxyl groups is 3. The molecular formula is C14H18O10. The molecule has 1 fully saturated rings. The van der Waals surface area contributed by atoms with Gasteiger partial charge in [-0.05, 0) is 12.1 Å². The third-order valence-corrected chi connectivity index (χ3v) is 3.58. The fourth-order valence-corrected chi connectivity index (χ4v) is 2.21. The molecule has 134 valence electrons. The van der Waals surface area contributed by atoms with Crippen LogP contribution in [-0.2, 0) is 14.2 Å². The van der Waals surface area contributed by atoms with Crippen LogP contribution in [-0.4, -0.2) is 81.0 Å². The number of carbonyl (C=O) groups excluding carboxylic acids is 1. The zero-order chi connectivity index (χ0) is 18.0. The van der Waals surface area contributed by atoms with Gasteiger partial charge in [-0.2, -0.15) is 0 Å². The number of phenols is 3. The number of rotatable bonds is 4. The summed E-state index contributed by atoms with van der Waals surface area (Å²) in [6, 6.07) is 1.76. The molecule has 0 spiro atoms. The number of ether oxygens (including phenoxy) is 3. The number of carbonyl (C=O) groups is 1. The molecule has 0 aromatic heterocycles. The minimum atomic E-state index is -1.56. The van der Waals surface area contributed by atoms with E-state index in [-0.39, 0.29) is 5.56 Å². The lowest BCUT2D eigenvalue weighted by atomic mass is 9.99. The van der Waals surface area contributed by atoms with Crippen LogP contribution in [0.25, 0.3) is 0 Å². The maximum absolute atomic E-state index is 11.9. The average Bonchev–Trinajstić information content (AvgIpc) is 2.56. The first-order valence-corrected chi connectivity index (χ1v) is 6.90. The van der Waals surface area contributed by atoms with Gasteiger partial charge in [0.05, 0.1) is 5.56 Å². The summed E-state index contributed by atoms with van der Waals surface area (Å²) in [5.74, 6) is -3.19. The molecule has 1 saturated heterocycles. The molecule has 0 saturated carbocycles. The fraction of sp³-hybridized carbons (Fsp3) is 0.500. The molecule has 1 heterocycles. The van der Waals surface area contributed by atoms with Gasteiger partial charge in [-0.1, -0.05) is 0 Å². The number of esters is 1. The number of aliphatic hydroxyl groups is 3. The molecule has 0 amide bonds. The molecule has 1 aliphatic heterocycles. The topological polar surface area (TPSA) is 166 Å². The molecule has 1 aromatic carbocycles. The summed E-state index contributed by atoms with van der Waals surface area (Å²) in [6.07, 6.45) is -6.94. The van der Waals surface area contributed by atoms with E-state index >= 15 is 0 Å². The van der Waals surface area contributed by atoms with Crippen molar-refractivity contribution in [2.24, 2.45) is 0 Å². The van der Waals surface area contributed by atoms with Gasteiger partial charge in [0.2, 0.25) is 0 Å². The largest absolute Gasteiger partial charge is 0.504 e. The van der Waals surface area contributed by atoms with Crippen LogP contribution < -0.4 is 0 Å². The van der Waals surface area contributed by atoms with E-state index in [0.29, 0.717) is 0 Å². The van der Waals surface area contributed by atoms with Crippen molar-refractivity contribution in [3.05, 3.63) is 17.7 Å². The number of benzene rings is 1. The van der Waals surface area contributed by atoms with Crippen LogP contribution in [0.15, 0.2) is 12.1 Å². The summed E-state index contributed by atoms with van der Waals surface area (Å²) in [5, 5.41) is 57.1. The molecule has 10 heteroatoms. The number of phenolic OH excluding ortho intramolecular Hbond substituents is 3. The number of methoxy groups -OCH3 is 1. The van der Waals surface area contributed by atoms with E-state index in [9.17, 15) is 35.4 Å². The predicted octanol–water partition coefficient (Wildman–Crippen LogP) is -1.59. The Bertz CT molecular complexity index is 578. The Morgan fingerprint density at radius 3 is 2.21 bits per heavy atom. The molecule has 5 atom stereocenters. The first kappa shape index (κ1) is 18.2. The van der Waals surface area contributed by atoms with Crippen molar-refractivity contribution in [1.82, 2.24) is 0 Å². The Morgan fingerprint density at radius 1 is 1.08 bits per heavy atom. The molecule has 6 N–H and O–H groups in total. The van der Waals surface area contributed by atoms with Crippen LogP contribution in [0.5, 0.6) is 17.2 Å². The first-order valence-electron chi connectivity index (χ1n) is 6.90. The molecule has 0 aliphatic carbocycles. The number of hydrogen-bond donors (Lipinski definition) is 6. The quantitative estimate of drug-likeness (QED) is 0.276. The first-order chi connectivity index (χ1) is 11.3. The lowest BCUT2D eigenvalue weighted by molar-refractivity contribution is -0.294. The maximum atomic E-state index is 11.9. The van der Waals surface area contributed by atoms with Crippen LogP contribution in [0.3, 0.4) is 0 Å². The van der Waals surface area contributed by atoms with E-state index in [0.717, 1.165) is 12.1 Å². The van der Waals surface area contributed by atoms with Crippen LogP contribution in [0.2, 0.25) is 0 Å². The Morgan fingerprint density at radius 2 is 1.67 bits per heavy atom. The highest BCUT2D eigenvalue weighted by molar-refractivity contribution is 5.91. The van der Waals surface area contributed by atoms with Gasteiger partial charge in [-0.25, -0.2) is 4.79 Å². The van der Waals surface area contributed by atoms with Gasteiger partial charge in [0.15, 0.2) is 23.5 Å². The Balaban J connectivity index is 2.03. The Kier molecular flexibility index (Phi) is 5.47. The summed E-state index contributed by atoms with van der Waals surface area (Å²) >= 11 is 0. The second-order valence-corrected chi connectivity index (χ2v) is 5.21. The van der Waals surface area contributed by atoms with Gasteiger partial charge in [-0.3, -0.25) is 0 Å². The summed E-state index contributed by atoms with van der Waals surface area (Å²) in [5.41, 5.74) is -0.253. The minimum Gasteiger partial charge on any atom is -0.504 e. The van der Waals surface area contributed by atoms with Crippen LogP contribution in [0.1, 0.15) is 10.4 Å². The van der Waals surface area contributed by atoms with Crippen molar-refractivity contribution < 1.29 is 49.6 Å². The van der Waals surface area contributed by atoms with Crippen molar-refractivity contribution in [3.8, 4) is 17.2 Å². The zero-order valence-corrected chi connectivity index (χ0v) is 12.6. The van der Waals surface area contributed by atoms with Crippen LogP contribution in [0.4, 0.5) is 0 Å². The Labute approximate surface area is 136 Å². The molecule has 2 rings (SSSR count). The highest BCUT2D eigenvalue weighted by atomic mass is 16.7. The Hall–Kier alpha value is -2.11. The van der Waals surface area contributed by atoms with E-state index in [1.54, 1.807) is 0 Å². The molecule has 10 nitrogen and oxygen atoms in total. The third kappa shape index (κ3) is 3.52. The van der Waals surface area contributed by atoms with Crippen molar-refractivity contribution in [2.45, 2.75) is 30.7 Å². The van der Waals surface area contributed by atoms with Gasteiger partial charge < -0.3 is 44.8 Å². The molecular weight excluding hydrogens is 328 g/mol. The van der Waals surface area contributed by atoms with E-state index in [1.807, 2.05) is 0 Å². The van der Waals surface area contributed by atoms with Crippen LogP contribution >= 0.6 is 0 Å². The second-order valence-electron chi connectivity index (χ2n) is 5.21. The summed E-state index contributed by atoms with van der Waals surface area (Å²) < 4.78 is 14.9. The monoisotopic (exact) mass is 346 g/mol. The molecule has 24 heavy (non-hydrogen) atoms. The van der Waals surface area contributed by atoms with Gasteiger partial charge in [0.25, 0.3) is 0 Å². The molecule has 0 unspecified atom stereocenters. The average molecular weight is 346 g/mol. The van der Waals surface area contributed by atoms with E-state index in [1.165, 1.54) is 7.11 Å². The van der Waals surface area contributed by atoms with Gasteiger partial charge >= 0.3 is 5.97 Å². The highest BCUT2D eigenvalue weighted by Gasteiger charge is 2.44. The van der Waals surface area contributed by atoms with E-state index < -0.39 is 60.5 Å². The van der Waals surface area contributed by atoms with Crippen molar-refractivity contribution in [3.63, 3.8) is 0 Å². The van der Waals surface area contributed by atoms with Crippen LogP contribution in [0, 0.1) is 0 Å². The second kappa shape index (κ2) is 7.20. The SMILES string of the molecule is CO[C@H]1O[C@H](COC(=O)c2cc(O)c(O)c(O)c2)[C@@H](O)[C@H](O)[C@H]1O. The lowest BCUT2D eigenvalue weighted by Gasteiger charge is -2.39. The number of aliphatic hydroxyl groups excluding tert-OH is 3. The van der Waals surface area contributed by atoms with Gasteiger partial charge in [0.1, 0.15) is 31.0 Å². The van der Waals surface area contributed by atoms with Gasteiger partial charge in [-0.15, -0.1) is 0 Å². The summed E-state index contributed by atoms with van der Waals surface area (Å²) in [7, 11) is 1.23. The lowest BCUT2D eigenvalue weighted by Crippen LogP contribution is -2.59. The third-order valence-electron chi connectivity index (χ3n) is 3.58. The molecule has 1 aromatic rings. The highest BCUT2D eigenvalue weighted by Crippen LogP contribution is 2.35. The summed E-state index contributed by atoms with van der Waals surface area (Å²) in [6.45, 7) is -0.494. The molecule has 0 radical (unpaired) electrons. The summed E-state index contributed by atoms with van der Waals surface area (Å²) in [4.78, 5) is 11.9. The standard InChI is InChI=1S/C14H18O10/c1-22-14-12(20)11(19)10(18)8(24-14)4-23-13(21)5-2-6(15)9(17)7(16)3-5/h2-3,8,10-12,14-20H,4H2,1H3/t8-,10-,11+,12-,14+/m1/s1. The maximum Gasteiger partial charge on any atom is 0.338 e. The van der Waals surface area contributed by atoms with Gasteiger partial charge in [0, 0.05) is 7.11 Å². The zero-order valence-electron chi connectivity index (χ0n) is 12.6. The predicted molar refractivity (Wildman–Crippen MR) is 75.4 cm³/mol. The van der Waals surface area contributed by atoms with E-state index in [2.05, 4.69) is 0 Å². The normalized spacial score (nSPS) is 30.1. The van der Waals surface area contributed by atoms with Crippen molar-refractivity contribution >= 4 is 5.97 Å². The molecule has 0 bridgehead atoms. The fourth-order valence-electron chi connectivity index (χ4n) is 2.21. The molecule has 1 aliphatic rings. The van der Waals surface area contributed by atoms with Crippen molar-refractivity contribution in [2.75, 3.05) is 13.7 Å². The van der Waals surface area contributed by atoms with Crippen molar-refractivity contribution in [1.29, 1.82) is 0 Å². The smallest absolute Gasteiger partial charge is 0.338 e. The number of hydrogen-bond acceptors (Lipinski definition) is 10.